The van der Waals surface area contributed by atoms with Crippen LogP contribution in [0.3, 0.4) is 0 Å². The number of nitrogens with one attached hydrogen (secondary N) is 1. The molecule has 144 valence electrons. The summed E-state index contributed by atoms with van der Waals surface area (Å²) in [5.41, 5.74) is 0.615. The third kappa shape index (κ3) is 3.71. The Hall–Kier alpha value is -1.62. The van der Waals surface area contributed by atoms with Gasteiger partial charge in [0.2, 0.25) is 5.76 Å². The molecule has 0 radical (unpaired) electrons. The summed E-state index contributed by atoms with van der Waals surface area (Å²) in [5, 5.41) is 23.6. The van der Waals surface area contributed by atoms with Gasteiger partial charge in [-0.1, -0.05) is 0 Å². The third-order valence-electron chi connectivity index (χ3n) is 6.21. The van der Waals surface area contributed by atoms with E-state index >= 15 is 0 Å². The summed E-state index contributed by atoms with van der Waals surface area (Å²) in [6, 6.07) is 5.03. The second kappa shape index (κ2) is 7.78. The first-order chi connectivity index (χ1) is 13.1. The Morgan fingerprint density at radius 1 is 1.30 bits per heavy atom. The zero-order valence-electron chi connectivity index (χ0n) is 15.5. The lowest BCUT2D eigenvalue weighted by Gasteiger charge is -2.39. The van der Waals surface area contributed by atoms with Gasteiger partial charge < -0.3 is 14.8 Å². The van der Waals surface area contributed by atoms with E-state index in [4.69, 9.17) is 9.68 Å². The highest BCUT2D eigenvalue weighted by atomic mass is 79.9. The van der Waals surface area contributed by atoms with Crippen LogP contribution < -0.4 is 5.32 Å². The zero-order valence-corrected chi connectivity index (χ0v) is 17.1. The first-order valence-corrected chi connectivity index (χ1v) is 10.5. The van der Waals surface area contributed by atoms with Crippen molar-refractivity contribution in [2.75, 3.05) is 12.4 Å². The molecule has 0 bridgehead atoms. The average molecular weight is 433 g/mol. The van der Waals surface area contributed by atoms with Crippen LogP contribution in [0.25, 0.3) is 11.0 Å². The Morgan fingerprint density at radius 2 is 2.07 bits per heavy atom. The van der Waals surface area contributed by atoms with Crippen LogP contribution in [0.2, 0.25) is 0 Å². The van der Waals surface area contributed by atoms with Gasteiger partial charge in [0.05, 0.1) is 16.8 Å². The van der Waals surface area contributed by atoms with Gasteiger partial charge in [-0.2, -0.15) is 5.26 Å². The van der Waals surface area contributed by atoms with Crippen LogP contribution in [0.1, 0.15) is 50.7 Å². The van der Waals surface area contributed by atoms with E-state index in [0.717, 1.165) is 60.6 Å². The Labute approximate surface area is 167 Å². The highest BCUT2D eigenvalue weighted by molar-refractivity contribution is 9.10. The molecule has 0 spiro atoms. The smallest absolute Gasteiger partial charge is 0.204 e. The number of furan rings is 1. The van der Waals surface area contributed by atoms with Crippen LogP contribution in [0.4, 0.5) is 5.82 Å². The van der Waals surface area contributed by atoms with Gasteiger partial charge in [0.15, 0.2) is 5.58 Å². The van der Waals surface area contributed by atoms with E-state index in [1.54, 1.807) is 12.3 Å². The molecule has 2 aromatic rings. The molecule has 2 aromatic heterocycles. The topological polar surface area (TPSA) is 85.3 Å². The molecular formula is C20H25BrN4O2. The lowest BCUT2D eigenvalue weighted by atomic mass is 9.89. The molecular weight excluding hydrogens is 408 g/mol. The average Bonchev–Trinajstić information content (AvgIpc) is 3.30. The SMILES string of the molecule is CN(C1CCC(Nc2ncc3oc(C#N)cc3c2Br)CC1)[C@H]1CCC[C@H]1O. The van der Waals surface area contributed by atoms with Crippen molar-refractivity contribution in [3.63, 3.8) is 0 Å². The summed E-state index contributed by atoms with van der Waals surface area (Å²) in [7, 11) is 2.18. The van der Waals surface area contributed by atoms with E-state index in [-0.39, 0.29) is 6.10 Å². The van der Waals surface area contributed by atoms with Crippen molar-refractivity contribution in [2.45, 2.75) is 69.2 Å². The van der Waals surface area contributed by atoms with Gasteiger partial charge in [-0.25, -0.2) is 4.98 Å². The Morgan fingerprint density at radius 3 is 2.74 bits per heavy atom. The first kappa shape index (κ1) is 18.7. The van der Waals surface area contributed by atoms with Crippen molar-refractivity contribution in [3.05, 3.63) is 22.5 Å². The molecule has 2 saturated carbocycles. The fourth-order valence-electron chi connectivity index (χ4n) is 4.62. The summed E-state index contributed by atoms with van der Waals surface area (Å²) >= 11 is 3.61. The normalized spacial score (nSPS) is 28.6. The van der Waals surface area contributed by atoms with Crippen LogP contribution in [0.15, 0.2) is 21.2 Å². The van der Waals surface area contributed by atoms with Gasteiger partial charge in [-0.05, 0) is 67.9 Å². The third-order valence-corrected chi connectivity index (χ3v) is 7.01. The number of halogens is 1. The quantitative estimate of drug-likeness (QED) is 0.758. The maximum Gasteiger partial charge on any atom is 0.204 e. The predicted octanol–water partition coefficient (Wildman–Crippen LogP) is 4.03. The molecule has 2 aliphatic carbocycles. The molecule has 4 rings (SSSR count). The molecule has 0 amide bonds. The molecule has 7 heteroatoms. The van der Waals surface area contributed by atoms with Gasteiger partial charge in [0, 0.05) is 29.6 Å². The van der Waals surface area contributed by atoms with Crippen molar-refractivity contribution in [3.8, 4) is 6.07 Å². The van der Waals surface area contributed by atoms with Crippen LogP contribution in [-0.2, 0) is 0 Å². The number of fused-ring (bicyclic) bond motifs is 1. The monoisotopic (exact) mass is 432 g/mol. The number of likely N-dealkylation sites (N-methyl/N-ethyl adjacent to an activating group) is 1. The van der Waals surface area contributed by atoms with E-state index in [0.29, 0.717) is 29.5 Å². The van der Waals surface area contributed by atoms with Gasteiger partial charge in [0.25, 0.3) is 0 Å². The van der Waals surface area contributed by atoms with Crippen LogP contribution in [0, 0.1) is 11.3 Å². The van der Waals surface area contributed by atoms with Crippen molar-refractivity contribution in [2.24, 2.45) is 0 Å². The molecule has 2 atom stereocenters. The maximum absolute atomic E-state index is 10.2. The Bertz CT molecular complexity index is 854. The van der Waals surface area contributed by atoms with Crippen molar-refractivity contribution >= 4 is 32.7 Å². The van der Waals surface area contributed by atoms with E-state index < -0.39 is 0 Å². The molecule has 0 aromatic carbocycles. The molecule has 0 unspecified atom stereocenters. The van der Waals surface area contributed by atoms with E-state index in [9.17, 15) is 5.11 Å². The second-order valence-electron chi connectivity index (χ2n) is 7.80. The maximum atomic E-state index is 10.2. The van der Waals surface area contributed by atoms with Crippen molar-refractivity contribution in [1.82, 2.24) is 9.88 Å². The lowest BCUT2D eigenvalue weighted by molar-refractivity contribution is 0.0489. The second-order valence-corrected chi connectivity index (χ2v) is 8.60. The van der Waals surface area contributed by atoms with Crippen LogP contribution >= 0.6 is 15.9 Å². The molecule has 2 fully saturated rings. The number of nitriles is 1. The summed E-state index contributed by atoms with van der Waals surface area (Å²) in [6.45, 7) is 0. The van der Waals surface area contributed by atoms with Gasteiger partial charge in [-0.3, -0.25) is 4.90 Å². The summed E-state index contributed by atoms with van der Waals surface area (Å²) in [6.07, 6.45) is 9.12. The standard InChI is InChI=1S/C20H25BrN4O2/c1-25(16-3-2-4-17(16)26)13-7-5-12(6-8-13)24-20-19(21)15-9-14(10-22)27-18(15)11-23-20/h9,11-13,16-17,26H,2-8H2,1H3,(H,23,24)/t12?,13?,16-,17+/m0/s1. The first-order valence-electron chi connectivity index (χ1n) is 9.71. The molecule has 2 aliphatic rings. The van der Waals surface area contributed by atoms with Crippen LogP contribution in [0.5, 0.6) is 0 Å². The Kier molecular flexibility index (Phi) is 5.40. The molecule has 0 aliphatic heterocycles. The number of aromatic nitrogens is 1. The van der Waals surface area contributed by atoms with Gasteiger partial charge >= 0.3 is 0 Å². The fourth-order valence-corrected chi connectivity index (χ4v) is 5.15. The number of nitrogens with zero attached hydrogens (tertiary/aromatic N) is 3. The summed E-state index contributed by atoms with van der Waals surface area (Å²) < 4.78 is 6.28. The van der Waals surface area contributed by atoms with Crippen molar-refractivity contribution < 1.29 is 9.52 Å². The van der Waals surface area contributed by atoms with Gasteiger partial charge in [-0.15, -0.1) is 0 Å². The molecule has 6 nitrogen and oxygen atoms in total. The molecule has 27 heavy (non-hydrogen) atoms. The predicted molar refractivity (Wildman–Crippen MR) is 107 cm³/mol. The highest BCUT2D eigenvalue weighted by Crippen LogP contribution is 2.34. The van der Waals surface area contributed by atoms with E-state index in [1.807, 2.05) is 6.07 Å². The molecule has 0 saturated heterocycles. The fraction of sp³-hybridized carbons (Fsp3) is 0.600. The Balaban J connectivity index is 1.38. The number of aliphatic hydroxyl groups is 1. The number of hydrogen-bond donors (Lipinski definition) is 2. The van der Waals surface area contributed by atoms with Crippen LogP contribution in [-0.4, -0.2) is 46.3 Å². The number of pyridine rings is 1. The minimum Gasteiger partial charge on any atom is -0.444 e. The number of aliphatic hydroxyl groups excluding tert-OH is 1. The summed E-state index contributed by atoms with van der Waals surface area (Å²) in [4.78, 5) is 6.89. The number of rotatable bonds is 4. The zero-order chi connectivity index (χ0) is 19.0. The molecule has 2 N–H and O–H groups in total. The number of hydrogen-bond acceptors (Lipinski definition) is 6. The summed E-state index contributed by atoms with van der Waals surface area (Å²) in [5.74, 6) is 1.10. The van der Waals surface area contributed by atoms with E-state index in [1.165, 1.54) is 0 Å². The van der Waals surface area contributed by atoms with E-state index in [2.05, 4.69) is 38.2 Å². The largest absolute Gasteiger partial charge is 0.444 e. The minimum absolute atomic E-state index is 0.161. The minimum atomic E-state index is -0.161. The van der Waals surface area contributed by atoms with Crippen molar-refractivity contribution in [1.29, 1.82) is 5.26 Å². The highest BCUT2D eigenvalue weighted by Gasteiger charge is 2.34. The molecule has 2 heterocycles. The number of anilines is 1. The van der Waals surface area contributed by atoms with Gasteiger partial charge in [0.1, 0.15) is 11.9 Å². The lowest BCUT2D eigenvalue weighted by Crippen LogP contribution is -2.46.